The number of hydrogen-bond acceptors (Lipinski definition) is 8. The van der Waals surface area contributed by atoms with E-state index in [1.165, 1.54) is 26.4 Å². The fourth-order valence-electron chi connectivity index (χ4n) is 2.65. The maximum Gasteiger partial charge on any atom is 0.321 e. The van der Waals surface area contributed by atoms with E-state index in [1.807, 2.05) is 0 Å². The zero-order chi connectivity index (χ0) is 18.6. The number of hydrogen-bond donors (Lipinski definition) is 0. The van der Waals surface area contributed by atoms with Crippen molar-refractivity contribution in [3.05, 3.63) is 17.7 Å². The molecule has 1 atom stereocenters. The molecule has 0 radical (unpaired) electrons. The number of methoxy groups -OCH3 is 2. The van der Waals surface area contributed by atoms with E-state index in [0.29, 0.717) is 17.1 Å². The van der Waals surface area contributed by atoms with Crippen molar-refractivity contribution in [1.29, 1.82) is 0 Å². The van der Waals surface area contributed by atoms with Crippen LogP contribution in [0.1, 0.15) is 25.3 Å². The maximum absolute atomic E-state index is 12.4. The maximum atomic E-state index is 12.4. The lowest BCUT2D eigenvalue weighted by Gasteiger charge is -2.18. The van der Waals surface area contributed by atoms with Crippen LogP contribution in [-0.2, 0) is 23.9 Å². The molecule has 1 aliphatic rings. The highest BCUT2D eigenvalue weighted by Crippen LogP contribution is 2.45. The highest BCUT2D eigenvalue weighted by Gasteiger charge is 2.48. The molecule has 8 heteroatoms. The first kappa shape index (κ1) is 18.6. The number of carbonyl (C=O) groups excluding carboxylic acids is 3. The van der Waals surface area contributed by atoms with Gasteiger partial charge in [0, 0.05) is 11.6 Å². The Morgan fingerprint density at radius 3 is 2.04 bits per heavy atom. The molecular weight excluding hydrogens is 332 g/mol. The molecule has 136 valence electrons. The summed E-state index contributed by atoms with van der Waals surface area (Å²) in [6.45, 7) is 3.34. The lowest BCUT2D eigenvalue weighted by molar-refractivity contribution is -0.165. The molecule has 0 saturated carbocycles. The molecule has 25 heavy (non-hydrogen) atoms. The van der Waals surface area contributed by atoms with Crippen molar-refractivity contribution in [3.63, 3.8) is 0 Å². The van der Waals surface area contributed by atoms with E-state index in [4.69, 9.17) is 23.7 Å². The fourth-order valence-corrected chi connectivity index (χ4v) is 2.65. The van der Waals surface area contributed by atoms with Crippen LogP contribution in [0.15, 0.2) is 12.1 Å². The van der Waals surface area contributed by atoms with Gasteiger partial charge in [-0.3, -0.25) is 14.4 Å². The van der Waals surface area contributed by atoms with Crippen molar-refractivity contribution in [2.75, 3.05) is 27.4 Å². The predicted molar refractivity (Wildman–Crippen MR) is 84.7 cm³/mol. The minimum Gasteiger partial charge on any atom is -0.493 e. The largest absolute Gasteiger partial charge is 0.493 e. The quantitative estimate of drug-likeness (QED) is 0.413. The average Bonchev–Trinajstić information content (AvgIpc) is 2.89. The van der Waals surface area contributed by atoms with Crippen LogP contribution < -0.4 is 14.2 Å². The van der Waals surface area contributed by atoms with Crippen LogP contribution in [0, 0.1) is 5.92 Å². The normalized spacial score (nSPS) is 15.4. The molecule has 1 heterocycles. The molecule has 1 aliphatic heterocycles. The van der Waals surface area contributed by atoms with Crippen molar-refractivity contribution in [3.8, 4) is 17.2 Å². The first-order chi connectivity index (χ1) is 12.0. The molecular formula is C17H20O8. The first-order valence-corrected chi connectivity index (χ1v) is 7.79. The van der Waals surface area contributed by atoms with Gasteiger partial charge in [0.05, 0.1) is 27.4 Å². The highest BCUT2D eigenvalue weighted by molar-refractivity contribution is 6.03. The molecule has 1 aromatic rings. The van der Waals surface area contributed by atoms with Crippen LogP contribution in [0.5, 0.6) is 17.2 Å². The number of ether oxygens (including phenoxy) is 5. The summed E-state index contributed by atoms with van der Waals surface area (Å²) in [4.78, 5) is 37.0. The number of carbonyl (C=O) groups is 3. The van der Waals surface area contributed by atoms with Crippen molar-refractivity contribution in [2.24, 2.45) is 5.92 Å². The van der Waals surface area contributed by atoms with E-state index in [2.05, 4.69) is 0 Å². The van der Waals surface area contributed by atoms with Crippen molar-refractivity contribution < 1.29 is 38.1 Å². The number of fused-ring (bicyclic) bond motifs is 1. The minimum atomic E-state index is -1.45. The zero-order valence-electron chi connectivity index (χ0n) is 14.5. The molecule has 0 aliphatic carbocycles. The third kappa shape index (κ3) is 3.52. The van der Waals surface area contributed by atoms with Gasteiger partial charge in [-0.15, -0.1) is 0 Å². The van der Waals surface area contributed by atoms with Gasteiger partial charge in [-0.1, -0.05) is 0 Å². The number of benzene rings is 1. The van der Waals surface area contributed by atoms with Gasteiger partial charge in [-0.05, 0) is 19.9 Å². The van der Waals surface area contributed by atoms with Crippen LogP contribution in [0.4, 0.5) is 0 Å². The fraction of sp³-hybridized carbons (Fsp3) is 0.471. The summed E-state index contributed by atoms with van der Waals surface area (Å²) in [5, 5.41) is 0. The Morgan fingerprint density at radius 1 is 1.04 bits per heavy atom. The number of rotatable bonds is 7. The molecule has 1 aromatic carbocycles. The lowest BCUT2D eigenvalue weighted by atomic mass is 9.86. The van der Waals surface area contributed by atoms with Crippen LogP contribution in [-0.4, -0.2) is 45.3 Å². The third-order valence-corrected chi connectivity index (χ3v) is 3.73. The summed E-state index contributed by atoms with van der Waals surface area (Å²) in [5.74, 6) is -4.15. The lowest BCUT2D eigenvalue weighted by Crippen LogP contribution is -2.36. The van der Waals surface area contributed by atoms with Gasteiger partial charge in [-0.25, -0.2) is 0 Å². The van der Waals surface area contributed by atoms with Crippen LogP contribution in [0.25, 0.3) is 0 Å². The summed E-state index contributed by atoms with van der Waals surface area (Å²) in [7, 11) is 2.88. The first-order valence-electron chi connectivity index (χ1n) is 7.79. The van der Waals surface area contributed by atoms with E-state index in [9.17, 15) is 14.4 Å². The Labute approximate surface area is 144 Å². The van der Waals surface area contributed by atoms with E-state index in [0.717, 1.165) is 0 Å². The Balaban J connectivity index is 2.51. The van der Waals surface area contributed by atoms with Gasteiger partial charge < -0.3 is 23.7 Å². The van der Waals surface area contributed by atoms with Gasteiger partial charge in [0.25, 0.3) is 0 Å². The molecule has 1 unspecified atom stereocenters. The van der Waals surface area contributed by atoms with Crippen LogP contribution >= 0.6 is 0 Å². The standard InChI is InChI=1S/C17H20O8/c1-5-23-15(18)14(16(19)24-6-2)13-9-7-11(21-3)12(22-4)8-10(9)25-17(13)20/h7-8,13-14H,5-6H2,1-4H3. The zero-order valence-corrected chi connectivity index (χ0v) is 14.5. The molecule has 0 aromatic heterocycles. The molecule has 0 fully saturated rings. The van der Waals surface area contributed by atoms with E-state index in [-0.39, 0.29) is 19.0 Å². The van der Waals surface area contributed by atoms with Gasteiger partial charge >= 0.3 is 17.9 Å². The topological polar surface area (TPSA) is 97.4 Å². The Hall–Kier alpha value is -2.77. The molecule has 0 N–H and O–H groups in total. The van der Waals surface area contributed by atoms with Gasteiger partial charge in [0.1, 0.15) is 11.7 Å². The second kappa shape index (κ2) is 7.87. The second-order valence-electron chi connectivity index (χ2n) is 5.13. The molecule has 0 amide bonds. The van der Waals surface area contributed by atoms with Gasteiger partial charge in [0.15, 0.2) is 17.4 Å². The monoisotopic (exact) mass is 352 g/mol. The third-order valence-electron chi connectivity index (χ3n) is 3.73. The SMILES string of the molecule is CCOC(=O)C(C(=O)OCC)C1C(=O)Oc2cc(OC)c(OC)cc21. The molecule has 2 rings (SSSR count). The van der Waals surface area contributed by atoms with E-state index in [1.54, 1.807) is 13.8 Å². The van der Waals surface area contributed by atoms with Gasteiger partial charge in [-0.2, -0.15) is 0 Å². The highest BCUT2D eigenvalue weighted by atomic mass is 16.6. The summed E-state index contributed by atoms with van der Waals surface area (Å²) >= 11 is 0. The van der Waals surface area contributed by atoms with Crippen molar-refractivity contribution >= 4 is 17.9 Å². The molecule has 0 bridgehead atoms. The molecule has 8 nitrogen and oxygen atoms in total. The van der Waals surface area contributed by atoms with Crippen molar-refractivity contribution in [2.45, 2.75) is 19.8 Å². The second-order valence-corrected chi connectivity index (χ2v) is 5.13. The van der Waals surface area contributed by atoms with Crippen LogP contribution in [0.3, 0.4) is 0 Å². The van der Waals surface area contributed by atoms with Crippen LogP contribution in [0.2, 0.25) is 0 Å². The predicted octanol–water partition coefficient (Wildman–Crippen LogP) is 1.45. The Morgan fingerprint density at radius 2 is 1.56 bits per heavy atom. The summed E-state index contributed by atoms with van der Waals surface area (Å²) < 4.78 is 25.5. The molecule has 0 saturated heterocycles. The Bertz CT molecular complexity index is 663. The minimum absolute atomic E-state index is 0.0648. The van der Waals surface area contributed by atoms with E-state index < -0.39 is 29.7 Å². The summed E-state index contributed by atoms with van der Waals surface area (Å²) in [5.41, 5.74) is 0.341. The van der Waals surface area contributed by atoms with Crippen molar-refractivity contribution in [1.82, 2.24) is 0 Å². The smallest absolute Gasteiger partial charge is 0.321 e. The number of esters is 3. The average molecular weight is 352 g/mol. The van der Waals surface area contributed by atoms with Gasteiger partial charge in [0.2, 0.25) is 0 Å². The molecule has 0 spiro atoms. The van der Waals surface area contributed by atoms with E-state index >= 15 is 0 Å². The summed E-state index contributed by atoms with van der Waals surface area (Å²) in [6.07, 6.45) is 0. The Kier molecular flexibility index (Phi) is 5.84. The summed E-state index contributed by atoms with van der Waals surface area (Å²) in [6, 6.07) is 2.98.